The van der Waals surface area contributed by atoms with E-state index < -0.39 is 0 Å². The van der Waals surface area contributed by atoms with Crippen molar-refractivity contribution in [3.63, 3.8) is 0 Å². The van der Waals surface area contributed by atoms with Crippen molar-refractivity contribution in [2.45, 2.75) is 65.8 Å². The van der Waals surface area contributed by atoms with Crippen LogP contribution in [-0.2, 0) is 4.79 Å². The van der Waals surface area contributed by atoms with Gasteiger partial charge >= 0.3 is 0 Å². The maximum Gasteiger partial charge on any atom is 0.149 e. The number of carbonyl (C=O) groups excluding carboxylic acids is 1. The zero-order valence-corrected chi connectivity index (χ0v) is 12.4. The lowest BCUT2D eigenvalue weighted by molar-refractivity contribution is -0.123. The molecule has 1 aliphatic heterocycles. The fourth-order valence-corrected chi connectivity index (χ4v) is 5.56. The third kappa shape index (κ3) is 1.12. The predicted octanol–water partition coefficient (Wildman–Crippen LogP) is 3.26. The molecule has 2 spiro atoms. The number of likely N-dealkylation sites (N-methyl/N-ethyl adjacent to an activating group) is 1. The Morgan fingerprint density at radius 1 is 1.22 bits per heavy atom. The summed E-state index contributed by atoms with van der Waals surface area (Å²) in [6.07, 6.45) is 6.06. The SMILES string of the molecule is CCC(=O)[C@@H]1C[C@]2(CN1CC)C(C)(C)C21CCC1. The summed E-state index contributed by atoms with van der Waals surface area (Å²) in [5, 5.41) is 0. The van der Waals surface area contributed by atoms with Crippen molar-refractivity contribution in [2.24, 2.45) is 16.2 Å². The number of fused-ring (bicyclic) bond motifs is 1. The van der Waals surface area contributed by atoms with E-state index in [2.05, 4.69) is 25.7 Å². The second kappa shape index (κ2) is 3.59. The fourth-order valence-electron chi connectivity index (χ4n) is 5.56. The van der Waals surface area contributed by atoms with Gasteiger partial charge in [0, 0.05) is 13.0 Å². The minimum Gasteiger partial charge on any atom is -0.298 e. The van der Waals surface area contributed by atoms with E-state index in [0.717, 1.165) is 13.0 Å². The molecule has 18 heavy (non-hydrogen) atoms. The summed E-state index contributed by atoms with van der Waals surface area (Å²) in [7, 11) is 0. The maximum atomic E-state index is 12.2. The van der Waals surface area contributed by atoms with Crippen LogP contribution in [0.3, 0.4) is 0 Å². The van der Waals surface area contributed by atoms with E-state index in [1.54, 1.807) is 0 Å². The van der Waals surface area contributed by atoms with Crippen LogP contribution >= 0.6 is 0 Å². The van der Waals surface area contributed by atoms with Crippen molar-refractivity contribution in [2.75, 3.05) is 13.1 Å². The topological polar surface area (TPSA) is 20.3 Å². The molecule has 0 amide bonds. The van der Waals surface area contributed by atoms with Crippen LogP contribution < -0.4 is 0 Å². The highest BCUT2D eigenvalue weighted by atomic mass is 16.1. The van der Waals surface area contributed by atoms with Crippen LogP contribution in [0.1, 0.15) is 59.8 Å². The van der Waals surface area contributed by atoms with E-state index in [1.165, 1.54) is 25.8 Å². The summed E-state index contributed by atoms with van der Waals surface area (Å²) in [4.78, 5) is 14.6. The molecule has 3 aliphatic rings. The third-order valence-corrected chi connectivity index (χ3v) is 7.04. The molecule has 0 unspecified atom stereocenters. The van der Waals surface area contributed by atoms with Gasteiger partial charge in [0.15, 0.2) is 0 Å². The third-order valence-electron chi connectivity index (χ3n) is 7.04. The molecule has 0 aromatic rings. The first-order valence-electron chi connectivity index (χ1n) is 7.72. The normalized spacial score (nSPS) is 40.1. The molecule has 1 saturated heterocycles. The number of hydrogen-bond acceptors (Lipinski definition) is 2. The van der Waals surface area contributed by atoms with Crippen molar-refractivity contribution in [1.29, 1.82) is 0 Å². The molecule has 2 aliphatic carbocycles. The molecule has 0 radical (unpaired) electrons. The first-order chi connectivity index (χ1) is 8.46. The molecule has 0 N–H and O–H groups in total. The number of Topliss-reactive ketones (excluding diaryl/α,β-unsaturated/α-hetero) is 1. The largest absolute Gasteiger partial charge is 0.298 e. The van der Waals surface area contributed by atoms with Crippen molar-refractivity contribution in [3.8, 4) is 0 Å². The molecule has 2 heteroatoms. The minimum atomic E-state index is 0.222. The van der Waals surface area contributed by atoms with Crippen LogP contribution in [0, 0.1) is 16.2 Å². The molecule has 0 aromatic carbocycles. The number of ketones is 1. The molecule has 3 rings (SSSR count). The first-order valence-corrected chi connectivity index (χ1v) is 7.72. The Bertz CT molecular complexity index is 383. The van der Waals surface area contributed by atoms with E-state index in [9.17, 15) is 4.79 Å². The van der Waals surface area contributed by atoms with Gasteiger partial charge in [-0.25, -0.2) is 0 Å². The summed E-state index contributed by atoms with van der Waals surface area (Å²) in [5.41, 5.74) is 1.52. The van der Waals surface area contributed by atoms with Gasteiger partial charge in [-0.2, -0.15) is 0 Å². The predicted molar refractivity (Wildman–Crippen MR) is 73.4 cm³/mol. The van der Waals surface area contributed by atoms with Gasteiger partial charge in [-0.3, -0.25) is 9.69 Å². The highest BCUT2D eigenvalue weighted by Crippen LogP contribution is 2.88. The highest BCUT2D eigenvalue weighted by molar-refractivity contribution is 5.84. The van der Waals surface area contributed by atoms with Crippen LogP contribution in [0.2, 0.25) is 0 Å². The average molecular weight is 249 g/mol. The van der Waals surface area contributed by atoms with Crippen molar-refractivity contribution in [1.82, 2.24) is 4.90 Å². The van der Waals surface area contributed by atoms with Gasteiger partial charge in [-0.1, -0.05) is 34.1 Å². The maximum absolute atomic E-state index is 12.2. The molecular formula is C16H27NO. The zero-order valence-electron chi connectivity index (χ0n) is 12.4. The average Bonchev–Trinajstić information content (AvgIpc) is 2.60. The van der Waals surface area contributed by atoms with Gasteiger partial charge in [-0.15, -0.1) is 0 Å². The number of likely N-dealkylation sites (tertiary alicyclic amines) is 1. The summed E-state index contributed by atoms with van der Waals surface area (Å²) in [5.74, 6) is 0.464. The lowest BCUT2D eigenvalue weighted by Gasteiger charge is -2.32. The van der Waals surface area contributed by atoms with E-state index in [0.29, 0.717) is 28.4 Å². The van der Waals surface area contributed by atoms with E-state index in [-0.39, 0.29) is 6.04 Å². The Morgan fingerprint density at radius 3 is 2.28 bits per heavy atom. The highest BCUT2D eigenvalue weighted by Gasteiger charge is 2.84. The molecule has 1 heterocycles. The monoisotopic (exact) mass is 249 g/mol. The van der Waals surface area contributed by atoms with E-state index in [1.807, 2.05) is 6.92 Å². The van der Waals surface area contributed by atoms with Gasteiger partial charge in [0.05, 0.1) is 6.04 Å². The lowest BCUT2D eigenvalue weighted by Crippen LogP contribution is -2.35. The molecule has 2 saturated carbocycles. The molecule has 0 aromatic heterocycles. The van der Waals surface area contributed by atoms with E-state index >= 15 is 0 Å². The van der Waals surface area contributed by atoms with Crippen molar-refractivity contribution >= 4 is 5.78 Å². The second-order valence-electron chi connectivity index (χ2n) is 7.25. The molecule has 2 atom stereocenters. The van der Waals surface area contributed by atoms with Gasteiger partial charge in [0.2, 0.25) is 0 Å². The van der Waals surface area contributed by atoms with Crippen LogP contribution in [-0.4, -0.2) is 29.8 Å². The molecule has 0 bridgehead atoms. The van der Waals surface area contributed by atoms with Crippen LogP contribution in [0.5, 0.6) is 0 Å². The Hall–Kier alpha value is -0.370. The van der Waals surface area contributed by atoms with Gasteiger partial charge in [0.1, 0.15) is 5.78 Å². The molecular weight excluding hydrogens is 222 g/mol. The van der Waals surface area contributed by atoms with Gasteiger partial charge in [0.25, 0.3) is 0 Å². The second-order valence-corrected chi connectivity index (χ2v) is 7.25. The summed E-state index contributed by atoms with van der Waals surface area (Å²) in [6, 6.07) is 0.222. The Kier molecular flexibility index (Phi) is 2.53. The first kappa shape index (κ1) is 12.7. The lowest BCUT2D eigenvalue weighted by atomic mass is 9.73. The Morgan fingerprint density at radius 2 is 1.89 bits per heavy atom. The van der Waals surface area contributed by atoms with Crippen LogP contribution in [0.25, 0.3) is 0 Å². The molecule has 102 valence electrons. The molecule has 3 fully saturated rings. The van der Waals surface area contributed by atoms with E-state index in [4.69, 9.17) is 0 Å². The Labute approximate surface area is 111 Å². The summed E-state index contributed by atoms with van der Waals surface area (Å²) < 4.78 is 0. The van der Waals surface area contributed by atoms with Gasteiger partial charge < -0.3 is 0 Å². The summed E-state index contributed by atoms with van der Waals surface area (Å²) >= 11 is 0. The fraction of sp³-hybridized carbons (Fsp3) is 0.938. The Balaban J connectivity index is 1.87. The number of rotatable bonds is 3. The summed E-state index contributed by atoms with van der Waals surface area (Å²) in [6.45, 7) is 11.3. The number of hydrogen-bond donors (Lipinski definition) is 0. The number of nitrogens with zero attached hydrogens (tertiary/aromatic N) is 1. The minimum absolute atomic E-state index is 0.222. The number of carbonyl (C=O) groups is 1. The smallest absolute Gasteiger partial charge is 0.149 e. The van der Waals surface area contributed by atoms with Crippen LogP contribution in [0.15, 0.2) is 0 Å². The van der Waals surface area contributed by atoms with Crippen molar-refractivity contribution < 1.29 is 4.79 Å². The van der Waals surface area contributed by atoms with Crippen molar-refractivity contribution in [3.05, 3.63) is 0 Å². The standard InChI is InChI=1S/C16H27NO/c1-5-13(18)12-10-16(11-17(12)6-2)14(3,4)15(16)8-7-9-15/h12H,5-11H2,1-4H3/t12-,16-/m0/s1. The zero-order chi connectivity index (χ0) is 13.2. The molecule has 2 nitrogen and oxygen atoms in total. The quantitative estimate of drug-likeness (QED) is 0.765. The van der Waals surface area contributed by atoms with Gasteiger partial charge in [-0.05, 0) is 42.1 Å². The van der Waals surface area contributed by atoms with Crippen LogP contribution in [0.4, 0.5) is 0 Å².